The average molecular weight is 458 g/mol. The van der Waals surface area contributed by atoms with Crippen LogP contribution in [0.25, 0.3) is 10.4 Å². The molecule has 3 amide bonds. The van der Waals surface area contributed by atoms with Gasteiger partial charge >= 0.3 is 6.03 Å². The first-order valence-corrected chi connectivity index (χ1v) is 11.1. The number of para-hydroxylation sites is 1. The molecule has 8 nitrogen and oxygen atoms in total. The summed E-state index contributed by atoms with van der Waals surface area (Å²) in [6.45, 7) is 0.734. The highest BCUT2D eigenvalue weighted by molar-refractivity contribution is 7.19. The summed E-state index contributed by atoms with van der Waals surface area (Å²) in [5.41, 5.74) is 2.25. The third-order valence-corrected chi connectivity index (χ3v) is 6.03. The van der Waals surface area contributed by atoms with Gasteiger partial charge in [-0.2, -0.15) is 0 Å². The lowest BCUT2D eigenvalue weighted by atomic mass is 10.2. The number of anilines is 3. The van der Waals surface area contributed by atoms with Crippen molar-refractivity contribution in [2.45, 2.75) is 6.42 Å². The molecule has 1 aliphatic rings. The van der Waals surface area contributed by atoms with Gasteiger partial charge in [0, 0.05) is 30.9 Å². The molecule has 0 saturated carbocycles. The quantitative estimate of drug-likeness (QED) is 0.379. The largest absolute Gasteiger partial charge is 0.439 e. The summed E-state index contributed by atoms with van der Waals surface area (Å²) in [5, 5.41) is 6.21. The van der Waals surface area contributed by atoms with Crippen molar-refractivity contribution in [1.82, 2.24) is 9.97 Å². The Morgan fingerprint density at radius 2 is 1.70 bits per heavy atom. The number of thiazole rings is 1. The summed E-state index contributed by atoms with van der Waals surface area (Å²) in [5.74, 6) is 1.16. The van der Waals surface area contributed by atoms with Crippen molar-refractivity contribution in [3.8, 4) is 22.1 Å². The Balaban J connectivity index is 1.17. The predicted molar refractivity (Wildman–Crippen MR) is 128 cm³/mol. The number of nitrogens with one attached hydrogen (secondary N) is 2. The minimum Gasteiger partial charge on any atom is -0.439 e. The number of ether oxygens (including phenoxy) is 1. The zero-order chi connectivity index (χ0) is 22.6. The number of rotatable bonds is 6. The number of carbonyl (C=O) groups excluding carboxylic acids is 2. The van der Waals surface area contributed by atoms with Crippen LogP contribution in [0, 0.1) is 0 Å². The fourth-order valence-electron chi connectivity index (χ4n) is 3.18. The third-order valence-electron chi connectivity index (χ3n) is 4.96. The topological polar surface area (TPSA) is 96.5 Å². The number of aromatic nitrogens is 2. The van der Waals surface area contributed by atoms with Crippen LogP contribution < -0.4 is 20.3 Å². The number of pyridine rings is 1. The van der Waals surface area contributed by atoms with E-state index in [-0.39, 0.29) is 11.9 Å². The Morgan fingerprint density at radius 1 is 0.909 bits per heavy atom. The Hall–Kier alpha value is -4.24. The van der Waals surface area contributed by atoms with Gasteiger partial charge in [-0.1, -0.05) is 29.5 Å². The zero-order valence-electron chi connectivity index (χ0n) is 17.4. The van der Waals surface area contributed by atoms with E-state index in [2.05, 4.69) is 20.6 Å². The molecule has 1 fully saturated rings. The van der Waals surface area contributed by atoms with E-state index in [1.54, 1.807) is 35.4 Å². The van der Waals surface area contributed by atoms with Crippen molar-refractivity contribution in [1.29, 1.82) is 0 Å². The van der Waals surface area contributed by atoms with Gasteiger partial charge < -0.3 is 15.4 Å². The molecule has 0 bridgehead atoms. The Labute approximate surface area is 193 Å². The summed E-state index contributed by atoms with van der Waals surface area (Å²) in [7, 11) is 0. The van der Waals surface area contributed by atoms with E-state index in [0.717, 1.165) is 22.1 Å². The van der Waals surface area contributed by atoms with Crippen molar-refractivity contribution in [3.05, 3.63) is 79.1 Å². The molecule has 0 radical (unpaired) electrons. The number of amides is 3. The molecule has 1 saturated heterocycles. The number of hydrogen-bond acceptors (Lipinski definition) is 6. The molecule has 164 valence electrons. The first kappa shape index (κ1) is 20.7. The molecule has 2 aromatic carbocycles. The maximum absolute atomic E-state index is 12.1. The van der Waals surface area contributed by atoms with Crippen LogP contribution in [0.15, 0.2) is 79.1 Å². The highest BCUT2D eigenvalue weighted by Gasteiger charge is 2.27. The van der Waals surface area contributed by atoms with Crippen LogP contribution >= 0.6 is 11.3 Å². The number of nitrogens with zero attached hydrogens (tertiary/aromatic N) is 3. The van der Waals surface area contributed by atoms with Gasteiger partial charge in [-0.25, -0.2) is 14.8 Å². The molecular formula is C24H19N5O3S. The molecular weight excluding hydrogens is 438 g/mol. The second-order valence-electron chi connectivity index (χ2n) is 7.26. The maximum atomic E-state index is 12.1. The minimum absolute atomic E-state index is 0.116. The fourth-order valence-corrected chi connectivity index (χ4v) is 4.14. The minimum atomic E-state index is -0.350. The van der Waals surface area contributed by atoms with Crippen LogP contribution in [0.4, 0.5) is 21.3 Å². The van der Waals surface area contributed by atoms with Crippen LogP contribution in [0.2, 0.25) is 0 Å². The molecule has 3 heterocycles. The standard InChI is InChI=1S/C24H19N5O3S/c30-22-12-13-29(22)24-26-15-20(33-24)16-6-9-19(10-7-16)32-21-11-8-18(14-25-21)28-23(31)27-17-4-2-1-3-5-17/h1-11,14-15H,12-13H2,(H2,27,28,31). The van der Waals surface area contributed by atoms with Gasteiger partial charge in [0.25, 0.3) is 0 Å². The van der Waals surface area contributed by atoms with Crippen LogP contribution in [-0.4, -0.2) is 28.5 Å². The normalized spacial score (nSPS) is 12.7. The molecule has 0 spiro atoms. The van der Waals surface area contributed by atoms with Crippen molar-refractivity contribution in [3.63, 3.8) is 0 Å². The second-order valence-corrected chi connectivity index (χ2v) is 8.27. The van der Waals surface area contributed by atoms with Crippen LogP contribution in [0.3, 0.4) is 0 Å². The Morgan fingerprint density at radius 3 is 2.36 bits per heavy atom. The molecule has 33 heavy (non-hydrogen) atoms. The van der Waals surface area contributed by atoms with Crippen LogP contribution in [-0.2, 0) is 4.79 Å². The first-order valence-electron chi connectivity index (χ1n) is 10.3. The van der Waals surface area contributed by atoms with Gasteiger partial charge in [-0.05, 0) is 48.0 Å². The molecule has 0 atom stereocenters. The summed E-state index contributed by atoms with van der Waals surface area (Å²) >= 11 is 1.49. The Kier molecular flexibility index (Phi) is 5.69. The first-order chi connectivity index (χ1) is 16.1. The number of hydrogen-bond donors (Lipinski definition) is 2. The molecule has 4 aromatic rings. The number of urea groups is 1. The summed E-state index contributed by atoms with van der Waals surface area (Å²) < 4.78 is 5.80. The molecule has 9 heteroatoms. The summed E-state index contributed by atoms with van der Waals surface area (Å²) in [6.07, 6.45) is 3.90. The van der Waals surface area contributed by atoms with E-state index in [0.29, 0.717) is 29.4 Å². The van der Waals surface area contributed by atoms with Gasteiger partial charge in [0.2, 0.25) is 11.8 Å². The lowest BCUT2D eigenvalue weighted by Gasteiger charge is -2.27. The van der Waals surface area contributed by atoms with Crippen molar-refractivity contribution >= 4 is 39.8 Å². The third kappa shape index (κ3) is 4.83. The number of carbonyl (C=O) groups is 2. The highest BCUT2D eigenvalue weighted by atomic mass is 32.1. The maximum Gasteiger partial charge on any atom is 0.323 e. The average Bonchev–Trinajstić information content (AvgIpc) is 3.29. The number of benzene rings is 2. The van der Waals surface area contributed by atoms with E-state index >= 15 is 0 Å². The Bertz CT molecular complexity index is 1270. The molecule has 1 aliphatic heterocycles. The predicted octanol–water partition coefficient (Wildman–Crippen LogP) is 5.38. The van der Waals surface area contributed by atoms with E-state index in [4.69, 9.17) is 4.74 Å². The monoisotopic (exact) mass is 457 g/mol. The SMILES string of the molecule is O=C(Nc1ccccc1)Nc1ccc(Oc2ccc(-c3cnc(N4CCC4=O)s3)cc2)nc1. The lowest BCUT2D eigenvalue weighted by Crippen LogP contribution is -2.43. The molecule has 0 unspecified atom stereocenters. The van der Waals surface area contributed by atoms with E-state index in [9.17, 15) is 9.59 Å². The van der Waals surface area contributed by atoms with Crippen LogP contribution in [0.5, 0.6) is 11.6 Å². The van der Waals surface area contributed by atoms with Gasteiger partial charge in [0.05, 0.1) is 16.8 Å². The second kappa shape index (κ2) is 9.09. The van der Waals surface area contributed by atoms with Crippen molar-refractivity contribution in [2.75, 3.05) is 22.1 Å². The van der Waals surface area contributed by atoms with E-state index in [1.165, 1.54) is 17.5 Å². The molecule has 5 rings (SSSR count). The number of β-lactam (4-membered cyclic amide) rings is 1. The van der Waals surface area contributed by atoms with E-state index < -0.39 is 0 Å². The summed E-state index contributed by atoms with van der Waals surface area (Å²) in [6, 6.07) is 19.8. The van der Waals surface area contributed by atoms with Gasteiger partial charge in [-0.15, -0.1) is 0 Å². The van der Waals surface area contributed by atoms with E-state index in [1.807, 2.05) is 42.5 Å². The summed E-state index contributed by atoms with van der Waals surface area (Å²) in [4.78, 5) is 35.0. The van der Waals surface area contributed by atoms with Gasteiger partial charge in [0.1, 0.15) is 5.75 Å². The van der Waals surface area contributed by atoms with Crippen LogP contribution in [0.1, 0.15) is 6.42 Å². The smallest absolute Gasteiger partial charge is 0.323 e. The van der Waals surface area contributed by atoms with Crippen molar-refractivity contribution < 1.29 is 14.3 Å². The van der Waals surface area contributed by atoms with Gasteiger partial charge in [-0.3, -0.25) is 9.69 Å². The molecule has 2 N–H and O–H groups in total. The van der Waals surface area contributed by atoms with Gasteiger partial charge in [0.15, 0.2) is 5.13 Å². The molecule has 2 aromatic heterocycles. The highest BCUT2D eigenvalue weighted by Crippen LogP contribution is 2.34. The zero-order valence-corrected chi connectivity index (χ0v) is 18.2. The lowest BCUT2D eigenvalue weighted by molar-refractivity contribution is -0.122. The van der Waals surface area contributed by atoms with Crippen molar-refractivity contribution in [2.24, 2.45) is 0 Å². The molecule has 0 aliphatic carbocycles. The fraction of sp³-hybridized carbons (Fsp3) is 0.0833.